The van der Waals surface area contributed by atoms with E-state index in [-0.39, 0.29) is 5.91 Å². The van der Waals surface area contributed by atoms with Gasteiger partial charge >= 0.3 is 0 Å². The van der Waals surface area contributed by atoms with Gasteiger partial charge in [-0.3, -0.25) is 14.5 Å². The zero-order valence-electron chi connectivity index (χ0n) is 17.0. The molecule has 1 N–H and O–H groups in total. The summed E-state index contributed by atoms with van der Waals surface area (Å²) in [5, 5.41) is 7.93. The molecule has 0 atom stereocenters. The fourth-order valence-corrected chi connectivity index (χ4v) is 3.31. The third-order valence-corrected chi connectivity index (χ3v) is 4.94. The molecule has 0 aliphatic carbocycles. The second-order valence-electron chi connectivity index (χ2n) is 7.02. The summed E-state index contributed by atoms with van der Waals surface area (Å²) in [5.41, 5.74) is 3.21. The lowest BCUT2D eigenvalue weighted by Gasteiger charge is -2.13. The number of anilines is 1. The quantitative estimate of drug-likeness (QED) is 0.440. The molecule has 0 spiro atoms. The number of aromatic nitrogens is 3. The summed E-state index contributed by atoms with van der Waals surface area (Å²) in [5.74, 6) is 0.893. The summed E-state index contributed by atoms with van der Waals surface area (Å²) in [6, 6.07) is 22.5. The van der Waals surface area contributed by atoms with Crippen LogP contribution in [0.5, 0.6) is 5.75 Å². The van der Waals surface area contributed by atoms with E-state index in [0.717, 1.165) is 22.6 Å². The molecule has 2 aromatic carbocycles. The smallest absolute Gasteiger partial charge is 0.275 e. The molecule has 1 amide bonds. The number of halogens is 1. The first-order valence-electron chi connectivity index (χ1n) is 9.80. The molecule has 2 aromatic heterocycles. The van der Waals surface area contributed by atoms with Crippen molar-refractivity contribution in [1.82, 2.24) is 14.8 Å². The highest BCUT2D eigenvalue weighted by Gasteiger charge is 2.13. The number of aryl methyl sites for hydroxylation is 1. The fraction of sp³-hybridized carbons (Fsp3) is 0.125. The summed E-state index contributed by atoms with van der Waals surface area (Å²) < 4.78 is 7.84. The Hall–Kier alpha value is -3.64. The van der Waals surface area contributed by atoms with Gasteiger partial charge in [0.25, 0.3) is 5.91 Å². The Morgan fingerprint density at radius 3 is 2.65 bits per heavy atom. The van der Waals surface area contributed by atoms with Gasteiger partial charge in [-0.05, 0) is 42.8 Å². The predicted octanol–water partition coefficient (Wildman–Crippen LogP) is 5.12. The average molecular weight is 433 g/mol. The molecule has 7 heteroatoms. The summed E-state index contributed by atoms with van der Waals surface area (Å²) in [4.78, 5) is 16.4. The van der Waals surface area contributed by atoms with Crippen LogP contribution in [0.4, 0.5) is 5.82 Å². The van der Waals surface area contributed by atoms with Crippen LogP contribution in [0.25, 0.3) is 0 Å². The molecule has 4 rings (SSSR count). The normalized spacial score (nSPS) is 10.6. The van der Waals surface area contributed by atoms with E-state index in [0.29, 0.717) is 29.7 Å². The second-order valence-corrected chi connectivity index (χ2v) is 7.46. The van der Waals surface area contributed by atoms with Gasteiger partial charge in [0.1, 0.15) is 18.1 Å². The van der Waals surface area contributed by atoms with Crippen LogP contribution in [-0.2, 0) is 13.2 Å². The van der Waals surface area contributed by atoms with E-state index in [1.165, 1.54) is 0 Å². The minimum Gasteiger partial charge on any atom is -0.489 e. The number of pyridine rings is 1. The molecule has 0 saturated carbocycles. The van der Waals surface area contributed by atoms with E-state index in [1.54, 1.807) is 35.1 Å². The largest absolute Gasteiger partial charge is 0.489 e. The molecule has 2 heterocycles. The fourth-order valence-electron chi connectivity index (χ4n) is 3.12. The van der Waals surface area contributed by atoms with Gasteiger partial charge in [-0.2, -0.15) is 5.10 Å². The molecule has 31 heavy (non-hydrogen) atoms. The Balaban J connectivity index is 1.50. The van der Waals surface area contributed by atoms with E-state index in [9.17, 15) is 4.79 Å². The number of nitrogens with zero attached hydrogens (tertiary/aromatic N) is 3. The number of hydrogen-bond donors (Lipinski definition) is 1. The topological polar surface area (TPSA) is 69.0 Å². The Labute approximate surface area is 185 Å². The zero-order chi connectivity index (χ0) is 21.6. The average Bonchev–Trinajstić information content (AvgIpc) is 3.13. The van der Waals surface area contributed by atoms with Crippen LogP contribution in [0.2, 0.25) is 5.02 Å². The molecule has 0 aliphatic heterocycles. The van der Waals surface area contributed by atoms with Crippen molar-refractivity contribution >= 4 is 23.3 Å². The standard InChI is InChI=1S/C24H21ClN4O2/c1-17-13-23(27-24(30)21-9-5-6-12-26-21)28-29(17)15-19-14-20(25)10-11-22(19)31-16-18-7-3-2-4-8-18/h2-14H,15-16H2,1H3,(H,27,28,30). The highest BCUT2D eigenvalue weighted by Crippen LogP contribution is 2.25. The molecule has 0 saturated heterocycles. The third kappa shape index (κ3) is 5.29. The van der Waals surface area contributed by atoms with E-state index >= 15 is 0 Å². The number of nitrogens with one attached hydrogen (secondary N) is 1. The monoisotopic (exact) mass is 432 g/mol. The summed E-state index contributed by atoms with van der Waals surface area (Å²) in [6.07, 6.45) is 1.58. The van der Waals surface area contributed by atoms with Crippen LogP contribution in [0.15, 0.2) is 79.0 Å². The first-order chi connectivity index (χ1) is 15.1. The lowest BCUT2D eigenvalue weighted by atomic mass is 10.2. The lowest BCUT2D eigenvalue weighted by Crippen LogP contribution is -2.14. The molecule has 0 radical (unpaired) electrons. The summed E-state index contributed by atoms with van der Waals surface area (Å²) >= 11 is 6.23. The minimum absolute atomic E-state index is 0.306. The maximum atomic E-state index is 12.4. The van der Waals surface area contributed by atoms with Crippen molar-refractivity contribution in [3.63, 3.8) is 0 Å². The number of benzene rings is 2. The SMILES string of the molecule is Cc1cc(NC(=O)c2ccccn2)nn1Cc1cc(Cl)ccc1OCc1ccccc1. The van der Waals surface area contributed by atoms with Crippen LogP contribution < -0.4 is 10.1 Å². The van der Waals surface area contributed by atoms with Gasteiger partial charge in [0.2, 0.25) is 0 Å². The molecule has 4 aromatic rings. The van der Waals surface area contributed by atoms with Crippen LogP contribution in [-0.4, -0.2) is 20.7 Å². The van der Waals surface area contributed by atoms with Crippen molar-refractivity contribution in [3.05, 3.63) is 107 Å². The maximum Gasteiger partial charge on any atom is 0.275 e. The first-order valence-corrected chi connectivity index (χ1v) is 10.2. The van der Waals surface area contributed by atoms with Crippen molar-refractivity contribution in [1.29, 1.82) is 0 Å². The Kier molecular flexibility index (Phi) is 6.29. The number of hydrogen-bond acceptors (Lipinski definition) is 4. The van der Waals surface area contributed by atoms with Crippen LogP contribution in [0, 0.1) is 6.92 Å². The van der Waals surface area contributed by atoms with Crippen molar-refractivity contribution < 1.29 is 9.53 Å². The van der Waals surface area contributed by atoms with E-state index in [2.05, 4.69) is 15.4 Å². The summed E-state index contributed by atoms with van der Waals surface area (Å²) in [7, 11) is 0. The Morgan fingerprint density at radius 2 is 1.87 bits per heavy atom. The van der Waals surface area contributed by atoms with Gasteiger partial charge < -0.3 is 10.1 Å². The predicted molar refractivity (Wildman–Crippen MR) is 120 cm³/mol. The third-order valence-electron chi connectivity index (χ3n) is 4.70. The number of amides is 1. The Bertz CT molecular complexity index is 1180. The number of carbonyl (C=O) groups is 1. The van der Waals surface area contributed by atoms with Crippen molar-refractivity contribution in [2.75, 3.05) is 5.32 Å². The minimum atomic E-state index is -0.306. The lowest BCUT2D eigenvalue weighted by molar-refractivity contribution is 0.102. The van der Waals surface area contributed by atoms with Crippen molar-refractivity contribution in [3.8, 4) is 5.75 Å². The van der Waals surface area contributed by atoms with Crippen LogP contribution in [0.3, 0.4) is 0 Å². The second kappa shape index (κ2) is 9.45. The highest BCUT2D eigenvalue weighted by atomic mass is 35.5. The molecular weight excluding hydrogens is 412 g/mol. The van der Waals surface area contributed by atoms with Gasteiger partial charge in [-0.1, -0.05) is 48.0 Å². The number of ether oxygens (including phenoxy) is 1. The van der Waals surface area contributed by atoms with E-state index in [4.69, 9.17) is 16.3 Å². The molecule has 6 nitrogen and oxygen atoms in total. The van der Waals surface area contributed by atoms with Crippen molar-refractivity contribution in [2.45, 2.75) is 20.1 Å². The van der Waals surface area contributed by atoms with Crippen LogP contribution in [0.1, 0.15) is 27.3 Å². The van der Waals surface area contributed by atoms with Gasteiger partial charge in [0.15, 0.2) is 5.82 Å². The molecular formula is C24H21ClN4O2. The zero-order valence-corrected chi connectivity index (χ0v) is 17.7. The molecule has 0 aliphatic rings. The van der Waals surface area contributed by atoms with E-state index in [1.807, 2.05) is 55.5 Å². The Morgan fingerprint density at radius 1 is 1.06 bits per heavy atom. The van der Waals surface area contributed by atoms with Gasteiger partial charge in [-0.15, -0.1) is 0 Å². The molecule has 0 unspecified atom stereocenters. The maximum absolute atomic E-state index is 12.4. The van der Waals surface area contributed by atoms with Gasteiger partial charge in [-0.25, -0.2) is 0 Å². The van der Waals surface area contributed by atoms with Crippen molar-refractivity contribution in [2.24, 2.45) is 0 Å². The van der Waals surface area contributed by atoms with E-state index < -0.39 is 0 Å². The number of rotatable bonds is 7. The van der Waals surface area contributed by atoms with Crippen LogP contribution >= 0.6 is 11.6 Å². The van der Waals surface area contributed by atoms with Gasteiger partial charge in [0.05, 0.1) is 6.54 Å². The molecule has 0 fully saturated rings. The molecule has 0 bridgehead atoms. The first kappa shape index (κ1) is 20.6. The molecule has 156 valence electrons. The number of carbonyl (C=O) groups excluding carboxylic acids is 1. The van der Waals surface area contributed by atoms with Gasteiger partial charge in [0, 0.05) is 28.5 Å². The highest BCUT2D eigenvalue weighted by molar-refractivity contribution is 6.30. The summed E-state index contributed by atoms with van der Waals surface area (Å²) in [6.45, 7) is 2.84.